The molecule has 0 aliphatic heterocycles. The first-order chi connectivity index (χ1) is 13.0. The predicted molar refractivity (Wildman–Crippen MR) is 116 cm³/mol. The van der Waals surface area contributed by atoms with E-state index in [4.69, 9.17) is 15.9 Å². The van der Waals surface area contributed by atoms with Gasteiger partial charge in [-0.25, -0.2) is 9.97 Å². The van der Waals surface area contributed by atoms with Crippen molar-refractivity contribution in [1.82, 2.24) is 9.97 Å². The molecule has 0 atom stereocenters. The van der Waals surface area contributed by atoms with Crippen molar-refractivity contribution < 1.29 is 9.47 Å². The molecule has 0 bridgehead atoms. The number of rotatable bonds is 6. The fourth-order valence-corrected chi connectivity index (χ4v) is 2.68. The maximum Gasteiger partial charge on any atom is 0.163 e. The summed E-state index contributed by atoms with van der Waals surface area (Å²) in [6, 6.07) is 11.4. The van der Waals surface area contributed by atoms with Crippen LogP contribution in [0.3, 0.4) is 0 Å². The number of ether oxygens (including phenoxy) is 2. The van der Waals surface area contributed by atoms with Crippen LogP contribution in [0.5, 0.6) is 11.5 Å². The molecule has 3 rings (SSSR count). The highest BCUT2D eigenvalue weighted by Gasteiger charge is 2.14. The number of halogens is 1. The highest BCUT2D eigenvalue weighted by molar-refractivity contribution is 5.93. The topological polar surface area (TPSA) is 56.3 Å². The molecule has 2 aromatic carbocycles. The molecule has 0 radical (unpaired) electrons. The standard InChI is InChI=1S/C22H23N3O2.ClH/c1-6-16-8-7-9-17(10-16)25-22-18-11-20(26-14(2)3)21(27-15(4)5)12-19(18)23-13-24-22;/h1,7-15H,2-5H3,(H,23,24,25);1H. The van der Waals surface area contributed by atoms with Crippen LogP contribution >= 0.6 is 12.4 Å². The summed E-state index contributed by atoms with van der Waals surface area (Å²) in [6.07, 6.45) is 7.07. The normalized spacial score (nSPS) is 10.5. The Balaban J connectivity index is 0.00000280. The maximum absolute atomic E-state index is 5.96. The van der Waals surface area contributed by atoms with Gasteiger partial charge < -0.3 is 14.8 Å². The third-order valence-corrected chi connectivity index (χ3v) is 3.72. The van der Waals surface area contributed by atoms with Gasteiger partial charge in [-0.05, 0) is 52.0 Å². The van der Waals surface area contributed by atoms with E-state index < -0.39 is 0 Å². The van der Waals surface area contributed by atoms with E-state index in [0.29, 0.717) is 17.3 Å². The average molecular weight is 398 g/mol. The molecule has 0 saturated carbocycles. The van der Waals surface area contributed by atoms with E-state index in [1.54, 1.807) is 0 Å². The fraction of sp³-hybridized carbons (Fsp3) is 0.273. The summed E-state index contributed by atoms with van der Waals surface area (Å²) in [5.74, 6) is 4.66. The van der Waals surface area contributed by atoms with Crippen LogP contribution in [-0.2, 0) is 0 Å². The van der Waals surface area contributed by atoms with Crippen LogP contribution in [0.4, 0.5) is 11.5 Å². The first kappa shape index (κ1) is 21.3. The number of benzene rings is 2. The van der Waals surface area contributed by atoms with Gasteiger partial charge in [-0.2, -0.15) is 0 Å². The van der Waals surface area contributed by atoms with Crippen molar-refractivity contribution in [2.45, 2.75) is 39.9 Å². The monoisotopic (exact) mass is 397 g/mol. The van der Waals surface area contributed by atoms with Gasteiger partial charge in [0.15, 0.2) is 11.5 Å². The first-order valence-corrected chi connectivity index (χ1v) is 8.92. The van der Waals surface area contributed by atoms with Crippen LogP contribution in [0.15, 0.2) is 42.7 Å². The van der Waals surface area contributed by atoms with Gasteiger partial charge in [-0.3, -0.25) is 0 Å². The number of fused-ring (bicyclic) bond motifs is 1. The van der Waals surface area contributed by atoms with Crippen molar-refractivity contribution in [2.24, 2.45) is 0 Å². The summed E-state index contributed by atoms with van der Waals surface area (Å²) in [6.45, 7) is 7.92. The Bertz CT molecular complexity index is 997. The molecule has 1 aromatic heterocycles. The van der Waals surface area contributed by atoms with Crippen LogP contribution in [0.25, 0.3) is 10.9 Å². The Morgan fingerprint density at radius 2 is 1.64 bits per heavy atom. The van der Waals surface area contributed by atoms with Crippen LogP contribution < -0.4 is 14.8 Å². The van der Waals surface area contributed by atoms with Crippen molar-refractivity contribution >= 4 is 34.8 Å². The Morgan fingerprint density at radius 3 is 2.29 bits per heavy atom. The predicted octanol–water partition coefficient (Wildman–Crippen LogP) is 5.35. The largest absolute Gasteiger partial charge is 0.487 e. The highest BCUT2D eigenvalue weighted by Crippen LogP contribution is 2.36. The lowest BCUT2D eigenvalue weighted by molar-refractivity contribution is 0.199. The minimum absolute atomic E-state index is 0. The zero-order chi connectivity index (χ0) is 19.4. The highest BCUT2D eigenvalue weighted by atomic mass is 35.5. The van der Waals surface area contributed by atoms with Crippen LogP contribution in [0.2, 0.25) is 0 Å². The lowest BCUT2D eigenvalue weighted by Gasteiger charge is -2.18. The molecular formula is C22H24ClN3O2. The second-order valence-electron chi connectivity index (χ2n) is 6.72. The molecule has 1 N–H and O–H groups in total. The lowest BCUT2D eigenvalue weighted by Crippen LogP contribution is -2.11. The molecule has 3 aromatic rings. The Hall–Kier alpha value is -2.97. The van der Waals surface area contributed by atoms with E-state index in [2.05, 4.69) is 21.2 Å². The Morgan fingerprint density at radius 1 is 0.964 bits per heavy atom. The summed E-state index contributed by atoms with van der Waals surface area (Å²) < 4.78 is 11.9. The minimum Gasteiger partial charge on any atom is -0.487 e. The molecule has 0 saturated heterocycles. The smallest absolute Gasteiger partial charge is 0.163 e. The first-order valence-electron chi connectivity index (χ1n) is 8.92. The van der Waals surface area contributed by atoms with Crippen molar-refractivity contribution in [1.29, 1.82) is 0 Å². The van der Waals surface area contributed by atoms with Crippen molar-refractivity contribution in [3.05, 3.63) is 48.3 Å². The van der Waals surface area contributed by atoms with Crippen LogP contribution in [0.1, 0.15) is 33.3 Å². The van der Waals surface area contributed by atoms with Crippen molar-refractivity contribution in [3.8, 4) is 23.8 Å². The summed E-state index contributed by atoms with van der Waals surface area (Å²) in [7, 11) is 0. The molecule has 28 heavy (non-hydrogen) atoms. The molecule has 0 unspecified atom stereocenters. The SMILES string of the molecule is C#Cc1cccc(Nc2ncnc3cc(OC(C)C)c(OC(C)C)cc23)c1.Cl. The third kappa shape index (κ3) is 5.05. The number of hydrogen-bond acceptors (Lipinski definition) is 5. The second-order valence-corrected chi connectivity index (χ2v) is 6.72. The number of terminal acetylenes is 1. The number of hydrogen-bond donors (Lipinski definition) is 1. The summed E-state index contributed by atoms with van der Waals surface area (Å²) >= 11 is 0. The molecule has 146 valence electrons. The zero-order valence-electron chi connectivity index (χ0n) is 16.4. The van der Waals surface area contributed by atoms with Gasteiger partial charge in [0.25, 0.3) is 0 Å². The average Bonchev–Trinajstić information content (AvgIpc) is 2.62. The molecular weight excluding hydrogens is 374 g/mol. The van der Waals surface area contributed by atoms with E-state index in [0.717, 1.165) is 22.2 Å². The molecule has 1 heterocycles. The quantitative estimate of drug-likeness (QED) is 0.568. The van der Waals surface area contributed by atoms with Gasteiger partial charge in [-0.1, -0.05) is 12.0 Å². The van der Waals surface area contributed by atoms with Gasteiger partial charge in [-0.15, -0.1) is 18.8 Å². The van der Waals surface area contributed by atoms with E-state index in [9.17, 15) is 0 Å². The summed E-state index contributed by atoms with van der Waals surface area (Å²) in [5.41, 5.74) is 2.43. The molecule has 0 amide bonds. The van der Waals surface area contributed by atoms with Gasteiger partial charge in [0.05, 0.1) is 17.7 Å². The van der Waals surface area contributed by atoms with Crippen molar-refractivity contribution in [2.75, 3.05) is 5.32 Å². The number of nitrogens with one attached hydrogen (secondary N) is 1. The summed E-state index contributed by atoms with van der Waals surface area (Å²) in [5, 5.41) is 4.16. The van der Waals surface area contributed by atoms with Gasteiger partial charge in [0.1, 0.15) is 12.1 Å². The summed E-state index contributed by atoms with van der Waals surface area (Å²) in [4.78, 5) is 8.78. The molecule has 0 fully saturated rings. The third-order valence-electron chi connectivity index (χ3n) is 3.72. The number of anilines is 2. The van der Waals surface area contributed by atoms with Crippen LogP contribution in [-0.4, -0.2) is 22.2 Å². The molecule has 6 heteroatoms. The van der Waals surface area contributed by atoms with Gasteiger partial charge in [0, 0.05) is 22.7 Å². The van der Waals surface area contributed by atoms with Gasteiger partial charge >= 0.3 is 0 Å². The fourth-order valence-electron chi connectivity index (χ4n) is 2.68. The van der Waals surface area contributed by atoms with Gasteiger partial charge in [0.2, 0.25) is 0 Å². The van der Waals surface area contributed by atoms with Crippen molar-refractivity contribution in [3.63, 3.8) is 0 Å². The molecule has 0 spiro atoms. The lowest BCUT2D eigenvalue weighted by atomic mass is 10.1. The van der Waals surface area contributed by atoms with E-state index >= 15 is 0 Å². The zero-order valence-corrected chi connectivity index (χ0v) is 17.2. The number of nitrogens with zero attached hydrogens (tertiary/aromatic N) is 2. The van der Waals surface area contributed by atoms with E-state index in [-0.39, 0.29) is 24.6 Å². The Labute approximate surface area is 171 Å². The minimum atomic E-state index is 0. The second kappa shape index (κ2) is 9.29. The molecule has 0 aliphatic rings. The molecule has 0 aliphatic carbocycles. The molecule has 5 nitrogen and oxygen atoms in total. The number of aromatic nitrogens is 2. The Kier molecular flexibility index (Phi) is 7.08. The maximum atomic E-state index is 5.96. The van der Waals surface area contributed by atoms with Crippen LogP contribution in [0, 0.1) is 12.3 Å². The van der Waals surface area contributed by atoms with E-state index in [1.165, 1.54) is 6.33 Å². The van der Waals surface area contributed by atoms with E-state index in [1.807, 2.05) is 64.1 Å².